The smallest absolute Gasteiger partial charge is 0.278 e. The largest absolute Gasteiger partial charge is 0.286 e. The van der Waals surface area contributed by atoms with Crippen LogP contribution in [0.15, 0.2) is 47.4 Å². The van der Waals surface area contributed by atoms with Crippen LogP contribution in [0.3, 0.4) is 0 Å². The van der Waals surface area contributed by atoms with Crippen LogP contribution >= 0.6 is 11.6 Å². The van der Waals surface area contributed by atoms with Crippen molar-refractivity contribution in [1.29, 1.82) is 0 Å². The molecule has 1 fully saturated rings. The third-order valence-corrected chi connectivity index (χ3v) is 3.93. The molecule has 4 rings (SSSR count). The molecule has 0 bridgehead atoms. The Kier molecular flexibility index (Phi) is 2.79. The van der Waals surface area contributed by atoms with Gasteiger partial charge < -0.3 is 0 Å². The Morgan fingerprint density at radius 1 is 1.14 bits per heavy atom. The van der Waals surface area contributed by atoms with E-state index in [-0.39, 0.29) is 11.6 Å². The molecular weight excluding hydrogens is 286 g/mol. The lowest BCUT2D eigenvalue weighted by molar-refractivity contribution is 0.726. The van der Waals surface area contributed by atoms with E-state index in [1.54, 1.807) is 22.9 Å². The lowest BCUT2D eigenvalue weighted by Crippen LogP contribution is -2.23. The molecule has 0 saturated heterocycles. The second-order valence-corrected chi connectivity index (χ2v) is 5.66. The summed E-state index contributed by atoms with van der Waals surface area (Å²) < 4.78 is 1.78. The second kappa shape index (κ2) is 4.67. The van der Waals surface area contributed by atoms with Crippen molar-refractivity contribution in [1.82, 2.24) is 14.5 Å². The number of hydrogen-bond acceptors (Lipinski definition) is 3. The number of nitrogens with zero attached hydrogens (tertiary/aromatic N) is 3. The molecule has 0 unspecified atom stereocenters. The fourth-order valence-corrected chi connectivity index (χ4v) is 2.63. The number of rotatable bonds is 2. The van der Waals surface area contributed by atoms with Crippen molar-refractivity contribution in [2.75, 3.05) is 0 Å². The van der Waals surface area contributed by atoms with Crippen molar-refractivity contribution < 1.29 is 0 Å². The van der Waals surface area contributed by atoms with Gasteiger partial charge in [0.2, 0.25) is 0 Å². The summed E-state index contributed by atoms with van der Waals surface area (Å²) in [5, 5.41) is 0.642. The molecule has 0 radical (unpaired) electrons. The van der Waals surface area contributed by atoms with Crippen LogP contribution in [0.4, 0.5) is 0 Å². The molecule has 4 nitrogen and oxygen atoms in total. The van der Waals surface area contributed by atoms with Crippen LogP contribution in [-0.4, -0.2) is 14.5 Å². The van der Waals surface area contributed by atoms with Crippen molar-refractivity contribution in [2.45, 2.75) is 18.9 Å². The Balaban J connectivity index is 2.03. The van der Waals surface area contributed by atoms with Gasteiger partial charge in [0, 0.05) is 22.8 Å². The number of pyridine rings is 1. The van der Waals surface area contributed by atoms with Gasteiger partial charge in [-0.3, -0.25) is 9.36 Å². The van der Waals surface area contributed by atoms with Crippen LogP contribution in [0.25, 0.3) is 22.4 Å². The first-order chi connectivity index (χ1) is 10.2. The first-order valence-electron chi connectivity index (χ1n) is 6.87. The van der Waals surface area contributed by atoms with Crippen molar-refractivity contribution >= 4 is 22.8 Å². The fourth-order valence-electron chi connectivity index (χ4n) is 2.51. The Morgan fingerprint density at radius 2 is 1.90 bits per heavy atom. The monoisotopic (exact) mass is 297 g/mol. The number of halogens is 1. The molecule has 2 aromatic heterocycles. The Bertz CT molecular complexity index is 882. The van der Waals surface area contributed by atoms with Gasteiger partial charge in [-0.25, -0.2) is 9.97 Å². The normalized spacial score (nSPS) is 14.5. The van der Waals surface area contributed by atoms with Gasteiger partial charge in [0.1, 0.15) is 11.2 Å². The van der Waals surface area contributed by atoms with Gasteiger partial charge in [-0.1, -0.05) is 23.7 Å². The summed E-state index contributed by atoms with van der Waals surface area (Å²) in [7, 11) is 0. The minimum atomic E-state index is -0.0778. The number of aromatic nitrogens is 3. The van der Waals surface area contributed by atoms with Gasteiger partial charge in [-0.05, 0) is 37.1 Å². The van der Waals surface area contributed by atoms with E-state index in [1.165, 1.54) is 0 Å². The highest BCUT2D eigenvalue weighted by Crippen LogP contribution is 2.35. The predicted molar refractivity (Wildman–Crippen MR) is 82.5 cm³/mol. The summed E-state index contributed by atoms with van der Waals surface area (Å²) in [5.74, 6) is 0. The van der Waals surface area contributed by atoms with E-state index >= 15 is 0 Å². The van der Waals surface area contributed by atoms with E-state index in [9.17, 15) is 4.79 Å². The summed E-state index contributed by atoms with van der Waals surface area (Å²) in [5.41, 5.74) is 2.58. The molecule has 1 aliphatic carbocycles. The molecule has 0 spiro atoms. The van der Waals surface area contributed by atoms with Gasteiger partial charge in [0.05, 0.1) is 0 Å². The van der Waals surface area contributed by atoms with Crippen molar-refractivity contribution in [3.63, 3.8) is 0 Å². The number of benzene rings is 1. The molecule has 104 valence electrons. The van der Waals surface area contributed by atoms with Gasteiger partial charge in [-0.15, -0.1) is 0 Å². The van der Waals surface area contributed by atoms with Gasteiger partial charge in [-0.2, -0.15) is 0 Å². The zero-order valence-corrected chi connectivity index (χ0v) is 11.9. The SMILES string of the molecule is O=c1c(-c2ccc(Cl)cc2)nc2cccnc2n1C1CC1. The summed E-state index contributed by atoms with van der Waals surface area (Å²) in [6.07, 6.45) is 3.75. The molecule has 3 aromatic rings. The Hall–Kier alpha value is -2.20. The molecule has 2 heterocycles. The third kappa shape index (κ3) is 2.12. The second-order valence-electron chi connectivity index (χ2n) is 5.22. The molecule has 21 heavy (non-hydrogen) atoms. The Morgan fingerprint density at radius 3 is 2.62 bits per heavy atom. The van der Waals surface area contributed by atoms with Gasteiger partial charge in [0.25, 0.3) is 5.56 Å². The quantitative estimate of drug-likeness (QED) is 0.728. The Labute approximate surface area is 126 Å². The highest BCUT2D eigenvalue weighted by Gasteiger charge is 2.28. The molecule has 5 heteroatoms. The average Bonchev–Trinajstić information content (AvgIpc) is 3.32. The molecular formula is C16H12ClN3O. The summed E-state index contributed by atoms with van der Waals surface area (Å²) in [6.45, 7) is 0. The first-order valence-corrected chi connectivity index (χ1v) is 7.25. The van der Waals surface area contributed by atoms with Crippen LogP contribution in [0.2, 0.25) is 5.02 Å². The minimum absolute atomic E-state index is 0.0778. The van der Waals surface area contributed by atoms with E-state index in [4.69, 9.17) is 11.6 Å². The van der Waals surface area contributed by atoms with Gasteiger partial charge in [0.15, 0.2) is 5.65 Å². The topological polar surface area (TPSA) is 47.8 Å². The van der Waals surface area contributed by atoms with Crippen molar-refractivity contribution in [2.24, 2.45) is 0 Å². The van der Waals surface area contributed by atoms with Crippen molar-refractivity contribution in [3.8, 4) is 11.3 Å². The zero-order valence-electron chi connectivity index (χ0n) is 11.2. The van der Waals surface area contributed by atoms with E-state index in [0.717, 1.165) is 23.9 Å². The first kappa shape index (κ1) is 12.5. The van der Waals surface area contributed by atoms with Crippen LogP contribution in [0, 0.1) is 0 Å². The highest BCUT2D eigenvalue weighted by molar-refractivity contribution is 6.30. The molecule has 0 aliphatic heterocycles. The summed E-state index contributed by atoms with van der Waals surface area (Å²) in [6, 6.07) is 11.2. The third-order valence-electron chi connectivity index (χ3n) is 3.68. The highest BCUT2D eigenvalue weighted by atomic mass is 35.5. The van der Waals surface area contributed by atoms with Crippen LogP contribution in [0.5, 0.6) is 0 Å². The molecule has 1 saturated carbocycles. The van der Waals surface area contributed by atoms with Crippen LogP contribution in [-0.2, 0) is 0 Å². The maximum Gasteiger partial charge on any atom is 0.278 e. The molecule has 1 aliphatic rings. The maximum absolute atomic E-state index is 12.8. The van der Waals surface area contributed by atoms with Crippen LogP contribution in [0.1, 0.15) is 18.9 Å². The minimum Gasteiger partial charge on any atom is -0.286 e. The summed E-state index contributed by atoms with van der Waals surface area (Å²) >= 11 is 5.91. The van der Waals surface area contributed by atoms with Crippen LogP contribution < -0.4 is 5.56 Å². The molecule has 0 amide bonds. The predicted octanol–water partition coefficient (Wildman–Crippen LogP) is 3.45. The molecule has 1 aromatic carbocycles. The van der Waals surface area contributed by atoms with E-state index in [1.807, 2.05) is 24.3 Å². The fraction of sp³-hybridized carbons (Fsp3) is 0.188. The van der Waals surface area contributed by atoms with Crippen molar-refractivity contribution in [3.05, 3.63) is 58.0 Å². The zero-order chi connectivity index (χ0) is 14.4. The number of hydrogen-bond donors (Lipinski definition) is 0. The molecule has 0 N–H and O–H groups in total. The summed E-state index contributed by atoms with van der Waals surface area (Å²) in [4.78, 5) is 21.6. The number of fused-ring (bicyclic) bond motifs is 1. The maximum atomic E-state index is 12.8. The van der Waals surface area contributed by atoms with E-state index in [0.29, 0.717) is 16.4 Å². The van der Waals surface area contributed by atoms with Gasteiger partial charge >= 0.3 is 0 Å². The van der Waals surface area contributed by atoms with E-state index in [2.05, 4.69) is 9.97 Å². The lowest BCUT2D eigenvalue weighted by atomic mass is 10.1. The average molecular weight is 298 g/mol. The molecule has 0 atom stereocenters. The standard InChI is InChI=1S/C16H12ClN3O/c17-11-5-3-10(4-6-11)14-16(21)20(12-7-8-12)15-13(19-14)2-1-9-18-15/h1-6,9,12H,7-8H2. The lowest BCUT2D eigenvalue weighted by Gasteiger charge is -2.10. The van der Waals surface area contributed by atoms with E-state index < -0.39 is 0 Å².